The molecule has 0 unspecified atom stereocenters. The Morgan fingerprint density at radius 2 is 1.67 bits per heavy atom. The lowest BCUT2D eigenvalue weighted by molar-refractivity contribution is 0.102. The number of hydrogen-bond acceptors (Lipinski definition) is 2. The number of benzene rings is 2. The Morgan fingerprint density at radius 3 is 2.26 bits per heavy atom. The number of unbranched alkanes of at least 4 members (excludes halogenated alkanes) is 1. The van der Waals surface area contributed by atoms with Crippen molar-refractivity contribution in [1.29, 1.82) is 0 Å². The normalized spacial score (nSPS) is 10.8. The second-order valence-corrected chi connectivity index (χ2v) is 7.04. The number of hydrogen-bond donors (Lipinski definition) is 1. The molecule has 0 fully saturated rings. The van der Waals surface area contributed by atoms with Gasteiger partial charge in [-0.05, 0) is 68.1 Å². The summed E-state index contributed by atoms with van der Waals surface area (Å²) in [6.07, 6.45) is 3.46. The molecular weight excluding hydrogens is 334 g/mol. The van der Waals surface area contributed by atoms with Crippen LogP contribution in [0.2, 0.25) is 0 Å². The summed E-state index contributed by atoms with van der Waals surface area (Å²) < 4.78 is 1.98. The van der Waals surface area contributed by atoms with Crippen LogP contribution in [0.4, 0.5) is 5.69 Å². The summed E-state index contributed by atoms with van der Waals surface area (Å²) in [6.45, 7) is 6.94. The summed E-state index contributed by atoms with van der Waals surface area (Å²) in [4.78, 5) is 12.5. The van der Waals surface area contributed by atoms with E-state index in [9.17, 15) is 4.79 Å². The summed E-state index contributed by atoms with van der Waals surface area (Å²) >= 11 is 0. The van der Waals surface area contributed by atoms with E-state index in [4.69, 9.17) is 0 Å². The van der Waals surface area contributed by atoms with Gasteiger partial charge in [-0.2, -0.15) is 5.10 Å². The van der Waals surface area contributed by atoms with Gasteiger partial charge in [0.15, 0.2) is 0 Å². The third kappa shape index (κ3) is 5.07. The number of carbonyl (C=O) groups is 1. The topological polar surface area (TPSA) is 46.9 Å². The van der Waals surface area contributed by atoms with Crippen LogP contribution in [0.3, 0.4) is 0 Å². The minimum Gasteiger partial charge on any atom is -0.322 e. The van der Waals surface area contributed by atoms with Crippen LogP contribution in [0.1, 0.15) is 52.6 Å². The van der Waals surface area contributed by atoms with Crippen molar-refractivity contribution in [3.63, 3.8) is 0 Å². The molecule has 3 aromatic rings. The van der Waals surface area contributed by atoms with Crippen molar-refractivity contribution in [1.82, 2.24) is 9.78 Å². The summed E-state index contributed by atoms with van der Waals surface area (Å²) in [6, 6.07) is 17.9. The Labute approximate surface area is 161 Å². The predicted octanol–water partition coefficient (Wildman–Crippen LogP) is 5.14. The zero-order valence-corrected chi connectivity index (χ0v) is 16.3. The van der Waals surface area contributed by atoms with Crippen molar-refractivity contribution in [3.05, 3.63) is 82.7 Å². The highest BCUT2D eigenvalue weighted by atomic mass is 16.1. The van der Waals surface area contributed by atoms with Gasteiger partial charge in [-0.1, -0.05) is 37.6 Å². The minimum atomic E-state index is -0.0889. The molecule has 1 amide bonds. The first-order chi connectivity index (χ1) is 13.0. The van der Waals surface area contributed by atoms with Crippen LogP contribution in [0.15, 0.2) is 54.6 Å². The Kier molecular flexibility index (Phi) is 6.07. The molecule has 0 aliphatic rings. The molecule has 27 heavy (non-hydrogen) atoms. The molecule has 0 saturated carbocycles. The summed E-state index contributed by atoms with van der Waals surface area (Å²) in [7, 11) is 0. The predicted molar refractivity (Wildman–Crippen MR) is 110 cm³/mol. The van der Waals surface area contributed by atoms with Crippen LogP contribution in [0.25, 0.3) is 0 Å². The largest absolute Gasteiger partial charge is 0.322 e. The number of rotatable bonds is 7. The molecule has 0 saturated heterocycles. The van der Waals surface area contributed by atoms with E-state index < -0.39 is 0 Å². The van der Waals surface area contributed by atoms with E-state index in [1.165, 1.54) is 18.4 Å². The lowest BCUT2D eigenvalue weighted by Gasteiger charge is -2.08. The van der Waals surface area contributed by atoms with Crippen molar-refractivity contribution in [3.8, 4) is 0 Å². The lowest BCUT2D eigenvalue weighted by atomic mass is 10.1. The molecule has 1 N–H and O–H groups in total. The van der Waals surface area contributed by atoms with Crippen LogP contribution in [0.5, 0.6) is 0 Å². The molecule has 1 aromatic heterocycles. The standard InChI is InChI=1S/C23H27N3O/c1-4-5-6-19-9-13-22(14-10-19)24-23(27)21-11-7-20(8-12-21)16-26-18(3)15-17(2)25-26/h7-15H,4-6,16H2,1-3H3,(H,24,27). The fraction of sp³-hybridized carbons (Fsp3) is 0.304. The lowest BCUT2D eigenvalue weighted by Crippen LogP contribution is -2.12. The maximum atomic E-state index is 12.5. The quantitative estimate of drug-likeness (QED) is 0.633. The fourth-order valence-corrected chi connectivity index (χ4v) is 3.11. The molecule has 4 heteroatoms. The van der Waals surface area contributed by atoms with Crippen LogP contribution in [0, 0.1) is 13.8 Å². The van der Waals surface area contributed by atoms with E-state index in [-0.39, 0.29) is 5.91 Å². The summed E-state index contributed by atoms with van der Waals surface area (Å²) in [5.41, 5.74) is 6.07. The van der Waals surface area contributed by atoms with Crippen LogP contribution < -0.4 is 5.32 Å². The van der Waals surface area contributed by atoms with E-state index in [0.29, 0.717) is 12.1 Å². The molecular formula is C23H27N3O. The van der Waals surface area contributed by atoms with E-state index in [1.807, 2.05) is 48.0 Å². The molecule has 140 valence electrons. The first kappa shape index (κ1) is 18.9. The van der Waals surface area contributed by atoms with Crippen molar-refractivity contribution >= 4 is 11.6 Å². The summed E-state index contributed by atoms with van der Waals surface area (Å²) in [5.74, 6) is -0.0889. The molecule has 0 bridgehead atoms. The smallest absolute Gasteiger partial charge is 0.255 e. The van der Waals surface area contributed by atoms with Crippen molar-refractivity contribution in [2.45, 2.75) is 46.6 Å². The van der Waals surface area contributed by atoms with Gasteiger partial charge in [0.05, 0.1) is 12.2 Å². The van der Waals surface area contributed by atoms with Gasteiger partial charge in [0, 0.05) is 16.9 Å². The number of nitrogens with one attached hydrogen (secondary N) is 1. The van der Waals surface area contributed by atoms with Gasteiger partial charge < -0.3 is 5.32 Å². The van der Waals surface area contributed by atoms with Gasteiger partial charge in [-0.25, -0.2) is 0 Å². The maximum Gasteiger partial charge on any atom is 0.255 e. The number of anilines is 1. The molecule has 0 atom stereocenters. The highest BCUT2D eigenvalue weighted by Crippen LogP contribution is 2.14. The Balaban J connectivity index is 1.61. The zero-order chi connectivity index (χ0) is 19.2. The number of aryl methyl sites for hydroxylation is 3. The van der Waals surface area contributed by atoms with E-state index in [1.54, 1.807) is 0 Å². The maximum absolute atomic E-state index is 12.5. The van der Waals surface area contributed by atoms with Gasteiger partial charge in [-0.15, -0.1) is 0 Å². The van der Waals surface area contributed by atoms with Crippen molar-refractivity contribution in [2.75, 3.05) is 5.32 Å². The minimum absolute atomic E-state index is 0.0889. The number of aromatic nitrogens is 2. The average Bonchev–Trinajstić information content (AvgIpc) is 2.98. The van der Waals surface area contributed by atoms with Gasteiger partial charge in [0.1, 0.15) is 0 Å². The van der Waals surface area contributed by atoms with Gasteiger partial charge in [-0.3, -0.25) is 9.48 Å². The fourth-order valence-electron chi connectivity index (χ4n) is 3.11. The van der Waals surface area contributed by atoms with Gasteiger partial charge >= 0.3 is 0 Å². The highest BCUT2D eigenvalue weighted by molar-refractivity contribution is 6.04. The SMILES string of the molecule is CCCCc1ccc(NC(=O)c2ccc(Cn3nc(C)cc3C)cc2)cc1. The second-order valence-electron chi connectivity index (χ2n) is 7.04. The van der Waals surface area contributed by atoms with Crippen LogP contribution >= 0.6 is 0 Å². The Bertz CT molecular complexity index is 892. The molecule has 4 nitrogen and oxygen atoms in total. The first-order valence-electron chi connectivity index (χ1n) is 9.55. The second kappa shape index (κ2) is 8.67. The molecule has 0 aliphatic heterocycles. The van der Waals surface area contributed by atoms with Gasteiger partial charge in [0.2, 0.25) is 0 Å². The third-order valence-corrected chi connectivity index (χ3v) is 4.68. The highest BCUT2D eigenvalue weighted by Gasteiger charge is 2.07. The molecule has 3 rings (SSSR count). The Hall–Kier alpha value is -2.88. The first-order valence-corrected chi connectivity index (χ1v) is 9.55. The monoisotopic (exact) mass is 361 g/mol. The van der Waals surface area contributed by atoms with Crippen LogP contribution in [-0.4, -0.2) is 15.7 Å². The van der Waals surface area contributed by atoms with Crippen molar-refractivity contribution < 1.29 is 4.79 Å². The van der Waals surface area contributed by atoms with Crippen molar-refractivity contribution in [2.24, 2.45) is 0 Å². The molecule has 0 radical (unpaired) electrons. The number of carbonyl (C=O) groups excluding carboxylic acids is 1. The van der Waals surface area contributed by atoms with E-state index in [0.717, 1.165) is 29.1 Å². The average molecular weight is 361 g/mol. The number of amides is 1. The van der Waals surface area contributed by atoms with Gasteiger partial charge in [0.25, 0.3) is 5.91 Å². The Morgan fingerprint density at radius 1 is 1.00 bits per heavy atom. The number of nitrogens with zero attached hydrogens (tertiary/aromatic N) is 2. The van der Waals surface area contributed by atoms with Crippen LogP contribution in [-0.2, 0) is 13.0 Å². The molecule has 0 aliphatic carbocycles. The molecule has 2 aromatic carbocycles. The molecule has 1 heterocycles. The summed E-state index contributed by atoms with van der Waals surface area (Å²) in [5, 5.41) is 7.45. The zero-order valence-electron chi connectivity index (χ0n) is 16.3. The van der Waals surface area contributed by atoms with E-state index >= 15 is 0 Å². The third-order valence-electron chi connectivity index (χ3n) is 4.68. The van der Waals surface area contributed by atoms with E-state index in [2.05, 4.69) is 42.5 Å². The molecule has 0 spiro atoms.